The highest BCUT2D eigenvalue weighted by Crippen LogP contribution is 2.26. The van der Waals surface area contributed by atoms with Gasteiger partial charge < -0.3 is 4.90 Å². The number of nitrogens with one attached hydrogen (secondary N) is 1. The maximum Gasteiger partial charge on any atom is 0.133 e. The fourth-order valence-electron chi connectivity index (χ4n) is 3.33. The zero-order valence-corrected chi connectivity index (χ0v) is 13.3. The lowest BCUT2D eigenvalue weighted by molar-refractivity contribution is 0.169. The van der Waals surface area contributed by atoms with Crippen molar-refractivity contribution in [2.24, 2.45) is 5.92 Å². The lowest BCUT2D eigenvalue weighted by Crippen LogP contribution is -2.45. The van der Waals surface area contributed by atoms with E-state index < -0.39 is 5.54 Å². The molecular formula is C18H27N3. The molecule has 0 spiro atoms. The van der Waals surface area contributed by atoms with E-state index in [9.17, 15) is 5.26 Å². The molecule has 3 nitrogen and oxygen atoms in total. The third-order valence-corrected chi connectivity index (χ3v) is 4.48. The minimum Gasteiger partial charge on any atom is -0.303 e. The smallest absolute Gasteiger partial charge is 0.133 e. The number of hydrogen-bond acceptors (Lipinski definition) is 3. The first kappa shape index (κ1) is 16.0. The van der Waals surface area contributed by atoms with E-state index in [1.165, 1.54) is 25.9 Å². The SMILES string of the molecule is CCNC(C#N)(CCN1CCCC(C)C1)c1ccccc1. The molecule has 0 radical (unpaired) electrons. The summed E-state index contributed by atoms with van der Waals surface area (Å²) in [6.07, 6.45) is 3.47. The zero-order valence-electron chi connectivity index (χ0n) is 13.3. The van der Waals surface area contributed by atoms with E-state index >= 15 is 0 Å². The summed E-state index contributed by atoms with van der Waals surface area (Å²) in [5.41, 5.74) is 0.524. The third kappa shape index (κ3) is 4.06. The molecule has 1 aliphatic rings. The molecule has 0 bridgehead atoms. The Bertz CT molecular complexity index is 465. The first-order valence-corrected chi connectivity index (χ1v) is 8.14. The number of rotatable bonds is 6. The van der Waals surface area contributed by atoms with Gasteiger partial charge in [-0.2, -0.15) is 5.26 Å². The number of piperidine rings is 1. The summed E-state index contributed by atoms with van der Waals surface area (Å²) >= 11 is 0. The zero-order chi connectivity index (χ0) is 15.1. The Morgan fingerprint density at radius 2 is 2.14 bits per heavy atom. The van der Waals surface area contributed by atoms with Crippen molar-refractivity contribution in [2.45, 2.75) is 38.6 Å². The van der Waals surface area contributed by atoms with Crippen LogP contribution in [0.4, 0.5) is 0 Å². The maximum atomic E-state index is 9.81. The summed E-state index contributed by atoms with van der Waals surface area (Å²) in [4.78, 5) is 2.51. The number of nitrogens with zero attached hydrogens (tertiary/aromatic N) is 2. The lowest BCUT2D eigenvalue weighted by Gasteiger charge is -2.35. The third-order valence-electron chi connectivity index (χ3n) is 4.48. The Balaban J connectivity index is 2.08. The molecule has 1 N–H and O–H groups in total. The minimum absolute atomic E-state index is 0.559. The Morgan fingerprint density at radius 3 is 2.76 bits per heavy atom. The van der Waals surface area contributed by atoms with E-state index in [1.54, 1.807) is 0 Å². The van der Waals surface area contributed by atoms with Gasteiger partial charge in [0.1, 0.15) is 5.54 Å². The van der Waals surface area contributed by atoms with Crippen molar-refractivity contribution in [3.8, 4) is 6.07 Å². The molecule has 0 saturated carbocycles. The van der Waals surface area contributed by atoms with Gasteiger partial charge >= 0.3 is 0 Å². The van der Waals surface area contributed by atoms with Crippen LogP contribution in [0, 0.1) is 17.2 Å². The van der Waals surface area contributed by atoms with Crippen molar-refractivity contribution >= 4 is 0 Å². The highest BCUT2D eigenvalue weighted by Gasteiger charge is 2.32. The molecule has 1 heterocycles. The van der Waals surface area contributed by atoms with E-state index in [1.807, 2.05) is 18.2 Å². The molecule has 0 amide bonds. The fourth-order valence-corrected chi connectivity index (χ4v) is 3.33. The number of nitriles is 1. The van der Waals surface area contributed by atoms with Gasteiger partial charge in [0.25, 0.3) is 0 Å². The van der Waals surface area contributed by atoms with Gasteiger partial charge in [-0.15, -0.1) is 0 Å². The van der Waals surface area contributed by atoms with Crippen molar-refractivity contribution in [1.82, 2.24) is 10.2 Å². The second-order valence-corrected chi connectivity index (χ2v) is 6.21. The van der Waals surface area contributed by atoms with Gasteiger partial charge in [-0.3, -0.25) is 5.32 Å². The molecule has 114 valence electrons. The predicted molar refractivity (Wildman–Crippen MR) is 86.9 cm³/mol. The first-order chi connectivity index (χ1) is 10.2. The van der Waals surface area contributed by atoms with Crippen molar-refractivity contribution in [2.75, 3.05) is 26.2 Å². The van der Waals surface area contributed by atoms with E-state index in [-0.39, 0.29) is 0 Å². The van der Waals surface area contributed by atoms with Crippen LogP contribution in [-0.4, -0.2) is 31.1 Å². The Hall–Kier alpha value is -1.37. The van der Waals surface area contributed by atoms with E-state index in [0.717, 1.165) is 31.0 Å². The molecular weight excluding hydrogens is 258 g/mol. The minimum atomic E-state index is -0.559. The number of likely N-dealkylation sites (tertiary alicyclic amines) is 1. The van der Waals surface area contributed by atoms with Crippen molar-refractivity contribution in [1.29, 1.82) is 5.26 Å². The highest BCUT2D eigenvalue weighted by molar-refractivity contribution is 5.31. The molecule has 1 aromatic carbocycles. The average molecular weight is 285 g/mol. The van der Waals surface area contributed by atoms with Crippen LogP contribution in [0.5, 0.6) is 0 Å². The molecule has 1 aromatic rings. The van der Waals surface area contributed by atoms with Gasteiger partial charge in [0, 0.05) is 13.1 Å². The molecule has 3 heteroatoms. The quantitative estimate of drug-likeness (QED) is 0.872. The molecule has 2 rings (SSSR count). The van der Waals surface area contributed by atoms with Gasteiger partial charge in [0.15, 0.2) is 0 Å². The largest absolute Gasteiger partial charge is 0.303 e. The number of hydrogen-bond donors (Lipinski definition) is 1. The molecule has 0 aliphatic carbocycles. The summed E-state index contributed by atoms with van der Waals surface area (Å²) in [7, 11) is 0. The van der Waals surface area contributed by atoms with Crippen LogP contribution in [0.2, 0.25) is 0 Å². The summed E-state index contributed by atoms with van der Waals surface area (Å²) in [5.74, 6) is 0.783. The fraction of sp³-hybridized carbons (Fsp3) is 0.611. The molecule has 1 saturated heterocycles. The van der Waals surface area contributed by atoms with Crippen LogP contribution in [-0.2, 0) is 5.54 Å². The van der Waals surface area contributed by atoms with Crippen LogP contribution >= 0.6 is 0 Å². The summed E-state index contributed by atoms with van der Waals surface area (Å²) < 4.78 is 0. The second kappa shape index (κ2) is 7.59. The first-order valence-electron chi connectivity index (χ1n) is 8.14. The van der Waals surface area contributed by atoms with Gasteiger partial charge in [-0.25, -0.2) is 0 Å². The molecule has 1 aliphatic heterocycles. The highest BCUT2D eigenvalue weighted by atomic mass is 15.1. The Morgan fingerprint density at radius 1 is 1.38 bits per heavy atom. The van der Waals surface area contributed by atoms with Crippen molar-refractivity contribution in [3.63, 3.8) is 0 Å². The predicted octanol–water partition coefficient (Wildman–Crippen LogP) is 3.14. The summed E-state index contributed by atoms with van der Waals surface area (Å²) in [6.45, 7) is 8.52. The monoisotopic (exact) mass is 285 g/mol. The van der Waals surface area contributed by atoms with Gasteiger partial charge in [-0.05, 0) is 43.8 Å². The van der Waals surface area contributed by atoms with Crippen LogP contribution in [0.25, 0.3) is 0 Å². The molecule has 0 aromatic heterocycles. The van der Waals surface area contributed by atoms with E-state index in [0.29, 0.717) is 0 Å². The maximum absolute atomic E-state index is 9.81. The van der Waals surface area contributed by atoms with Crippen LogP contribution < -0.4 is 5.32 Å². The van der Waals surface area contributed by atoms with Crippen molar-refractivity contribution < 1.29 is 0 Å². The average Bonchev–Trinajstić information content (AvgIpc) is 2.52. The normalized spacial score (nSPS) is 22.4. The lowest BCUT2D eigenvalue weighted by atomic mass is 9.87. The van der Waals surface area contributed by atoms with Crippen LogP contribution in [0.1, 0.15) is 38.7 Å². The topological polar surface area (TPSA) is 39.1 Å². The van der Waals surface area contributed by atoms with Crippen molar-refractivity contribution in [3.05, 3.63) is 35.9 Å². The molecule has 21 heavy (non-hydrogen) atoms. The Kier molecular flexibility index (Phi) is 5.78. The second-order valence-electron chi connectivity index (χ2n) is 6.21. The standard InChI is InChI=1S/C18H27N3/c1-3-20-18(15-19,17-9-5-4-6-10-17)11-13-21-12-7-8-16(2)14-21/h4-6,9-10,16,20H,3,7-8,11-14H2,1-2H3. The summed E-state index contributed by atoms with van der Waals surface area (Å²) in [6, 6.07) is 12.7. The van der Waals surface area contributed by atoms with Gasteiger partial charge in [0.2, 0.25) is 0 Å². The molecule has 2 unspecified atom stereocenters. The number of benzene rings is 1. The summed E-state index contributed by atoms with van der Waals surface area (Å²) in [5, 5.41) is 13.2. The van der Waals surface area contributed by atoms with E-state index in [4.69, 9.17) is 0 Å². The van der Waals surface area contributed by atoms with Crippen LogP contribution in [0.3, 0.4) is 0 Å². The van der Waals surface area contributed by atoms with E-state index in [2.05, 4.69) is 42.3 Å². The van der Waals surface area contributed by atoms with Gasteiger partial charge in [-0.1, -0.05) is 44.2 Å². The van der Waals surface area contributed by atoms with Gasteiger partial charge in [0.05, 0.1) is 6.07 Å². The molecule has 2 atom stereocenters. The Labute approximate surface area is 129 Å². The molecule has 1 fully saturated rings. The van der Waals surface area contributed by atoms with Crippen LogP contribution in [0.15, 0.2) is 30.3 Å².